The van der Waals surface area contributed by atoms with E-state index in [4.69, 9.17) is 10.5 Å². The van der Waals surface area contributed by atoms with Crippen LogP contribution in [0.15, 0.2) is 18.2 Å². The molecule has 0 aliphatic carbocycles. The number of nitrogens with two attached hydrogens (primary N) is 1. The van der Waals surface area contributed by atoms with Crippen LogP contribution in [-0.4, -0.2) is 19.6 Å². The first-order chi connectivity index (χ1) is 9.70. The number of rotatable bonds is 9. The van der Waals surface area contributed by atoms with Gasteiger partial charge in [-0.3, -0.25) is 0 Å². The summed E-state index contributed by atoms with van der Waals surface area (Å²) in [5, 5.41) is 3.26. The van der Waals surface area contributed by atoms with Gasteiger partial charge in [-0.05, 0) is 18.6 Å². The Kier molecular flexibility index (Phi) is 7.55. The fourth-order valence-corrected chi connectivity index (χ4v) is 2.17. The Hall–Kier alpha value is -1.71. The normalized spacial score (nSPS) is 10.3. The highest BCUT2D eigenvalue weighted by molar-refractivity contribution is 5.98. The molecule has 1 aromatic carbocycles. The number of unbranched alkanes of at least 4 members (excludes halogenated alkanes) is 5. The van der Waals surface area contributed by atoms with Crippen molar-refractivity contribution in [1.29, 1.82) is 0 Å². The molecule has 0 heterocycles. The van der Waals surface area contributed by atoms with Crippen LogP contribution in [0, 0.1) is 0 Å². The monoisotopic (exact) mass is 278 g/mol. The van der Waals surface area contributed by atoms with E-state index in [1.807, 2.05) is 0 Å². The van der Waals surface area contributed by atoms with Gasteiger partial charge < -0.3 is 15.8 Å². The van der Waals surface area contributed by atoms with Crippen molar-refractivity contribution in [2.24, 2.45) is 0 Å². The van der Waals surface area contributed by atoms with Crippen LogP contribution in [0.2, 0.25) is 0 Å². The summed E-state index contributed by atoms with van der Waals surface area (Å²) in [4.78, 5) is 11.7. The van der Waals surface area contributed by atoms with Crippen molar-refractivity contribution in [1.82, 2.24) is 0 Å². The molecule has 0 aliphatic rings. The molecular formula is C16H26N2O2. The van der Waals surface area contributed by atoms with E-state index in [-0.39, 0.29) is 5.97 Å². The number of ether oxygens (including phenoxy) is 1. The van der Waals surface area contributed by atoms with Gasteiger partial charge in [0.15, 0.2) is 0 Å². The number of carbonyl (C=O) groups is 1. The van der Waals surface area contributed by atoms with E-state index in [1.165, 1.54) is 39.2 Å². The van der Waals surface area contributed by atoms with Crippen LogP contribution < -0.4 is 11.1 Å². The lowest BCUT2D eigenvalue weighted by Crippen LogP contribution is -2.11. The van der Waals surface area contributed by atoms with Crippen LogP contribution >= 0.6 is 0 Å². The second kappa shape index (κ2) is 9.23. The van der Waals surface area contributed by atoms with E-state index < -0.39 is 0 Å². The highest BCUT2D eigenvalue weighted by atomic mass is 16.5. The van der Waals surface area contributed by atoms with E-state index in [0.29, 0.717) is 16.9 Å². The average Bonchev–Trinajstić information content (AvgIpc) is 2.46. The first-order valence-electron chi connectivity index (χ1n) is 7.41. The third-order valence-corrected chi connectivity index (χ3v) is 3.33. The molecule has 0 aromatic heterocycles. The number of benzene rings is 1. The second-order valence-corrected chi connectivity index (χ2v) is 4.96. The lowest BCUT2D eigenvalue weighted by atomic mass is 10.1. The smallest absolute Gasteiger partial charge is 0.340 e. The Bertz CT molecular complexity index is 419. The molecule has 0 spiro atoms. The van der Waals surface area contributed by atoms with E-state index in [1.54, 1.807) is 18.2 Å². The minimum Gasteiger partial charge on any atom is -0.465 e. The molecule has 112 valence electrons. The predicted octanol–water partition coefficient (Wildman–Crippen LogP) is 3.83. The highest BCUT2D eigenvalue weighted by Crippen LogP contribution is 2.24. The maximum absolute atomic E-state index is 11.7. The Balaban J connectivity index is 2.45. The molecule has 4 nitrogen and oxygen atoms in total. The third kappa shape index (κ3) is 5.11. The fraction of sp³-hybridized carbons (Fsp3) is 0.562. The molecule has 0 bridgehead atoms. The summed E-state index contributed by atoms with van der Waals surface area (Å²) < 4.78 is 4.77. The van der Waals surface area contributed by atoms with Crippen molar-refractivity contribution >= 4 is 17.3 Å². The van der Waals surface area contributed by atoms with E-state index >= 15 is 0 Å². The molecule has 0 unspecified atom stereocenters. The molecule has 4 heteroatoms. The first-order valence-corrected chi connectivity index (χ1v) is 7.41. The van der Waals surface area contributed by atoms with E-state index in [9.17, 15) is 4.79 Å². The summed E-state index contributed by atoms with van der Waals surface area (Å²) in [6.07, 6.45) is 7.43. The van der Waals surface area contributed by atoms with Crippen molar-refractivity contribution < 1.29 is 9.53 Å². The topological polar surface area (TPSA) is 64.3 Å². The number of anilines is 2. The molecule has 20 heavy (non-hydrogen) atoms. The molecule has 1 rings (SSSR count). The molecule has 1 aromatic rings. The molecule has 0 aliphatic heterocycles. The Morgan fingerprint density at radius 2 is 1.90 bits per heavy atom. The lowest BCUT2D eigenvalue weighted by Gasteiger charge is -2.13. The molecule has 3 N–H and O–H groups in total. The van der Waals surface area contributed by atoms with Crippen LogP contribution in [0.25, 0.3) is 0 Å². The maximum atomic E-state index is 11.7. The number of para-hydroxylation sites is 1. The first kappa shape index (κ1) is 16.3. The maximum Gasteiger partial charge on any atom is 0.340 e. The van der Waals surface area contributed by atoms with Crippen LogP contribution in [-0.2, 0) is 4.74 Å². The van der Waals surface area contributed by atoms with Crippen molar-refractivity contribution in [2.45, 2.75) is 45.4 Å². The zero-order valence-electron chi connectivity index (χ0n) is 12.6. The van der Waals surface area contributed by atoms with E-state index in [0.717, 1.165) is 13.0 Å². The third-order valence-electron chi connectivity index (χ3n) is 3.33. The molecule has 0 radical (unpaired) electrons. The molecule has 0 saturated carbocycles. The number of nitrogens with one attached hydrogen (secondary N) is 1. The van der Waals surface area contributed by atoms with Crippen molar-refractivity contribution in [3.8, 4) is 0 Å². The SMILES string of the molecule is CCCCCCCCNc1c(N)cccc1C(=O)OC. The van der Waals surface area contributed by atoms with Crippen LogP contribution in [0.1, 0.15) is 55.8 Å². The van der Waals surface area contributed by atoms with Gasteiger partial charge in [-0.25, -0.2) is 4.79 Å². The molecule has 0 fully saturated rings. The van der Waals surface area contributed by atoms with Gasteiger partial charge in [-0.15, -0.1) is 0 Å². The quantitative estimate of drug-likeness (QED) is 0.409. The van der Waals surface area contributed by atoms with Gasteiger partial charge in [0.05, 0.1) is 24.0 Å². The van der Waals surface area contributed by atoms with Gasteiger partial charge in [0, 0.05) is 6.54 Å². The number of hydrogen-bond donors (Lipinski definition) is 2. The lowest BCUT2D eigenvalue weighted by molar-refractivity contribution is 0.0602. The van der Waals surface area contributed by atoms with Crippen LogP contribution in [0.5, 0.6) is 0 Å². The number of methoxy groups -OCH3 is 1. The largest absolute Gasteiger partial charge is 0.465 e. The molecule has 0 atom stereocenters. The number of nitrogen functional groups attached to an aromatic ring is 1. The van der Waals surface area contributed by atoms with Gasteiger partial charge in [-0.2, -0.15) is 0 Å². The van der Waals surface area contributed by atoms with Crippen molar-refractivity contribution in [2.75, 3.05) is 24.7 Å². The van der Waals surface area contributed by atoms with Gasteiger partial charge in [0.2, 0.25) is 0 Å². The Morgan fingerprint density at radius 1 is 1.20 bits per heavy atom. The second-order valence-electron chi connectivity index (χ2n) is 4.96. The van der Waals surface area contributed by atoms with Crippen molar-refractivity contribution in [3.05, 3.63) is 23.8 Å². The van der Waals surface area contributed by atoms with Gasteiger partial charge in [-0.1, -0.05) is 45.1 Å². The molecular weight excluding hydrogens is 252 g/mol. The zero-order chi connectivity index (χ0) is 14.8. The minimum absolute atomic E-state index is 0.359. The summed E-state index contributed by atoms with van der Waals surface area (Å²) in [6.45, 7) is 3.04. The Labute approximate surface area is 121 Å². The Morgan fingerprint density at radius 3 is 2.60 bits per heavy atom. The number of esters is 1. The fourth-order valence-electron chi connectivity index (χ4n) is 2.17. The van der Waals surface area contributed by atoms with Crippen LogP contribution in [0.4, 0.5) is 11.4 Å². The van der Waals surface area contributed by atoms with Crippen molar-refractivity contribution in [3.63, 3.8) is 0 Å². The molecule has 0 amide bonds. The summed E-state index contributed by atoms with van der Waals surface area (Å²) in [5.41, 5.74) is 7.69. The average molecular weight is 278 g/mol. The highest BCUT2D eigenvalue weighted by Gasteiger charge is 2.13. The number of carbonyl (C=O) groups excluding carboxylic acids is 1. The minimum atomic E-state index is -0.359. The van der Waals surface area contributed by atoms with E-state index in [2.05, 4.69) is 12.2 Å². The predicted molar refractivity (Wildman–Crippen MR) is 84.1 cm³/mol. The summed E-state index contributed by atoms with van der Waals surface area (Å²) in [5.74, 6) is -0.359. The van der Waals surface area contributed by atoms with Gasteiger partial charge in [0.1, 0.15) is 0 Å². The number of hydrogen-bond acceptors (Lipinski definition) is 4. The summed E-state index contributed by atoms with van der Waals surface area (Å²) in [7, 11) is 1.38. The summed E-state index contributed by atoms with van der Waals surface area (Å²) in [6, 6.07) is 5.28. The summed E-state index contributed by atoms with van der Waals surface area (Å²) >= 11 is 0. The van der Waals surface area contributed by atoms with Gasteiger partial charge >= 0.3 is 5.97 Å². The molecule has 0 saturated heterocycles. The standard InChI is InChI=1S/C16H26N2O2/c1-3-4-5-6-7-8-12-18-15-13(16(19)20-2)10-9-11-14(15)17/h9-11,18H,3-8,12,17H2,1-2H3. The zero-order valence-corrected chi connectivity index (χ0v) is 12.6. The van der Waals surface area contributed by atoms with Gasteiger partial charge in [0.25, 0.3) is 0 Å². The van der Waals surface area contributed by atoms with Crippen LogP contribution in [0.3, 0.4) is 0 Å².